The van der Waals surface area contributed by atoms with Crippen LogP contribution in [0.3, 0.4) is 0 Å². The van der Waals surface area contributed by atoms with Crippen LogP contribution in [-0.2, 0) is 0 Å². The lowest BCUT2D eigenvalue weighted by Gasteiger charge is -2.25. The van der Waals surface area contributed by atoms with Crippen LogP contribution in [0.5, 0.6) is 0 Å². The van der Waals surface area contributed by atoms with Crippen LogP contribution in [0.15, 0.2) is 0 Å². The van der Waals surface area contributed by atoms with E-state index in [0.717, 1.165) is 37.8 Å². The maximum Gasteiger partial charge on any atom is 0.103 e. The molecular weight excluding hydrogens is 246 g/mol. The second-order valence-electron chi connectivity index (χ2n) is 7.00. The van der Waals surface area contributed by atoms with Crippen molar-refractivity contribution < 1.29 is 0 Å². The Kier molecular flexibility index (Phi) is 5.86. The van der Waals surface area contributed by atoms with Gasteiger partial charge in [0.05, 0.1) is 6.07 Å². The van der Waals surface area contributed by atoms with Gasteiger partial charge in [-0.25, -0.2) is 0 Å². The van der Waals surface area contributed by atoms with Crippen molar-refractivity contribution in [3.05, 3.63) is 0 Å². The van der Waals surface area contributed by atoms with Crippen LogP contribution < -0.4 is 5.32 Å². The van der Waals surface area contributed by atoms with E-state index in [1.165, 1.54) is 45.2 Å². The lowest BCUT2D eigenvalue weighted by Crippen LogP contribution is -2.41. The highest BCUT2D eigenvalue weighted by atomic mass is 15.2. The van der Waals surface area contributed by atoms with E-state index in [4.69, 9.17) is 0 Å². The number of unbranched alkanes of at least 4 members (excludes halogenated alkanes) is 1. The lowest BCUT2D eigenvalue weighted by molar-refractivity contribution is 0.243. The molecule has 0 heterocycles. The van der Waals surface area contributed by atoms with Gasteiger partial charge in [-0.05, 0) is 77.3 Å². The second kappa shape index (κ2) is 7.43. The van der Waals surface area contributed by atoms with E-state index in [-0.39, 0.29) is 5.54 Å². The maximum absolute atomic E-state index is 9.32. The van der Waals surface area contributed by atoms with Crippen LogP contribution in [0.2, 0.25) is 0 Å². The van der Waals surface area contributed by atoms with Crippen molar-refractivity contribution in [3.63, 3.8) is 0 Å². The van der Waals surface area contributed by atoms with Crippen LogP contribution in [0, 0.1) is 17.2 Å². The number of hydrogen-bond acceptors (Lipinski definition) is 3. The van der Waals surface area contributed by atoms with Crippen LogP contribution in [-0.4, -0.2) is 36.1 Å². The Labute approximate surface area is 124 Å². The molecule has 0 spiro atoms. The molecule has 0 aromatic heterocycles. The Balaban J connectivity index is 1.62. The molecule has 2 rings (SSSR count). The molecule has 3 heteroatoms. The summed E-state index contributed by atoms with van der Waals surface area (Å²) in [6.45, 7) is 7.73. The summed E-state index contributed by atoms with van der Waals surface area (Å²) >= 11 is 0. The molecule has 0 bridgehead atoms. The molecule has 1 atom stereocenters. The van der Waals surface area contributed by atoms with Gasteiger partial charge in [0.1, 0.15) is 5.54 Å². The zero-order valence-corrected chi connectivity index (χ0v) is 13.3. The fraction of sp³-hybridized carbons (Fsp3) is 0.941. The molecule has 2 aliphatic rings. The van der Waals surface area contributed by atoms with E-state index in [1.807, 2.05) is 6.92 Å². The minimum atomic E-state index is -0.323. The average Bonchev–Trinajstić information content (AvgIpc) is 3.32. The van der Waals surface area contributed by atoms with E-state index >= 15 is 0 Å². The first-order valence-corrected chi connectivity index (χ1v) is 8.57. The molecule has 2 aliphatic carbocycles. The van der Waals surface area contributed by atoms with Crippen molar-refractivity contribution in [2.45, 2.75) is 76.8 Å². The topological polar surface area (TPSA) is 39.1 Å². The smallest absolute Gasteiger partial charge is 0.103 e. The minimum Gasteiger partial charge on any atom is -0.300 e. The number of rotatable bonds is 11. The highest BCUT2D eigenvalue weighted by Crippen LogP contribution is 2.35. The summed E-state index contributed by atoms with van der Waals surface area (Å²) in [6.07, 6.45) is 10.2. The molecule has 2 saturated carbocycles. The third-order valence-corrected chi connectivity index (χ3v) is 4.64. The summed E-state index contributed by atoms with van der Waals surface area (Å²) in [5, 5.41) is 12.7. The molecule has 114 valence electrons. The number of nitrogens with zero attached hydrogens (tertiary/aromatic N) is 2. The minimum absolute atomic E-state index is 0.323. The fourth-order valence-corrected chi connectivity index (χ4v) is 2.87. The molecule has 0 radical (unpaired) electrons. The average molecular weight is 277 g/mol. The molecule has 3 nitrogen and oxygen atoms in total. The molecule has 2 fully saturated rings. The summed E-state index contributed by atoms with van der Waals surface area (Å²) in [5.74, 6) is 1.01. The van der Waals surface area contributed by atoms with Crippen molar-refractivity contribution in [1.82, 2.24) is 10.2 Å². The van der Waals surface area contributed by atoms with Gasteiger partial charge in [-0.3, -0.25) is 5.32 Å². The van der Waals surface area contributed by atoms with Gasteiger partial charge < -0.3 is 4.90 Å². The lowest BCUT2D eigenvalue weighted by atomic mass is 9.96. The zero-order valence-electron chi connectivity index (χ0n) is 13.3. The number of nitriles is 1. The first-order chi connectivity index (χ1) is 9.67. The molecule has 0 aliphatic heterocycles. The Morgan fingerprint density at radius 2 is 2.00 bits per heavy atom. The summed E-state index contributed by atoms with van der Waals surface area (Å²) in [5.41, 5.74) is -0.323. The van der Waals surface area contributed by atoms with Gasteiger partial charge in [0.2, 0.25) is 0 Å². The van der Waals surface area contributed by atoms with E-state index in [2.05, 4.69) is 23.2 Å². The first kappa shape index (κ1) is 15.8. The first-order valence-electron chi connectivity index (χ1n) is 8.57. The summed E-state index contributed by atoms with van der Waals surface area (Å²) < 4.78 is 0. The number of hydrogen-bond donors (Lipinski definition) is 1. The fourth-order valence-electron chi connectivity index (χ4n) is 2.87. The van der Waals surface area contributed by atoms with Crippen LogP contribution in [0.1, 0.15) is 65.2 Å². The van der Waals surface area contributed by atoms with Gasteiger partial charge >= 0.3 is 0 Å². The molecule has 0 amide bonds. The number of nitrogens with one attached hydrogen (secondary N) is 1. The SMILES string of the molecule is CCCNC(C)(C#N)CCCCN(CC1CC1)C1CC1. The molecular formula is C17H31N3. The van der Waals surface area contributed by atoms with Crippen molar-refractivity contribution >= 4 is 0 Å². The summed E-state index contributed by atoms with van der Waals surface area (Å²) in [7, 11) is 0. The normalized spacial score (nSPS) is 21.7. The van der Waals surface area contributed by atoms with E-state index < -0.39 is 0 Å². The Bertz CT molecular complexity index is 328. The van der Waals surface area contributed by atoms with Crippen molar-refractivity contribution in [1.29, 1.82) is 5.26 Å². The molecule has 0 saturated heterocycles. The Morgan fingerprint density at radius 3 is 2.55 bits per heavy atom. The van der Waals surface area contributed by atoms with Gasteiger partial charge in [-0.15, -0.1) is 0 Å². The molecule has 1 N–H and O–H groups in total. The van der Waals surface area contributed by atoms with Crippen molar-refractivity contribution in [2.75, 3.05) is 19.6 Å². The third kappa shape index (κ3) is 5.42. The van der Waals surface area contributed by atoms with Crippen molar-refractivity contribution in [3.8, 4) is 6.07 Å². The van der Waals surface area contributed by atoms with E-state index in [1.54, 1.807) is 0 Å². The molecule has 0 aromatic rings. The van der Waals surface area contributed by atoms with Gasteiger partial charge in [0.25, 0.3) is 0 Å². The monoisotopic (exact) mass is 277 g/mol. The maximum atomic E-state index is 9.32. The quantitative estimate of drug-likeness (QED) is 0.589. The van der Waals surface area contributed by atoms with E-state index in [0.29, 0.717) is 0 Å². The predicted molar refractivity (Wildman–Crippen MR) is 83.5 cm³/mol. The van der Waals surface area contributed by atoms with Crippen LogP contribution in [0.4, 0.5) is 0 Å². The molecule has 20 heavy (non-hydrogen) atoms. The van der Waals surface area contributed by atoms with Gasteiger partial charge in [-0.1, -0.05) is 6.92 Å². The van der Waals surface area contributed by atoms with Gasteiger partial charge in [-0.2, -0.15) is 5.26 Å². The Hall–Kier alpha value is -0.590. The predicted octanol–water partition coefficient (Wildman–Crippen LogP) is 3.31. The highest BCUT2D eigenvalue weighted by Gasteiger charge is 2.33. The summed E-state index contributed by atoms with van der Waals surface area (Å²) in [4.78, 5) is 2.72. The van der Waals surface area contributed by atoms with E-state index in [9.17, 15) is 5.26 Å². The third-order valence-electron chi connectivity index (χ3n) is 4.64. The van der Waals surface area contributed by atoms with Gasteiger partial charge in [0.15, 0.2) is 0 Å². The molecule has 1 unspecified atom stereocenters. The Morgan fingerprint density at radius 1 is 1.25 bits per heavy atom. The zero-order chi connectivity index (χ0) is 14.4. The largest absolute Gasteiger partial charge is 0.300 e. The van der Waals surface area contributed by atoms with Crippen LogP contribution >= 0.6 is 0 Å². The second-order valence-corrected chi connectivity index (χ2v) is 7.00. The van der Waals surface area contributed by atoms with Crippen LogP contribution in [0.25, 0.3) is 0 Å². The molecule has 0 aromatic carbocycles. The standard InChI is InChI=1S/C17H31N3/c1-3-11-19-17(2,14-18)10-4-5-12-20(16-8-9-16)13-15-6-7-15/h15-16,19H,3-13H2,1-2H3. The highest BCUT2D eigenvalue weighted by molar-refractivity contribution is 5.03. The summed E-state index contributed by atoms with van der Waals surface area (Å²) in [6, 6.07) is 3.35. The van der Waals surface area contributed by atoms with Crippen molar-refractivity contribution in [2.24, 2.45) is 5.92 Å². The van der Waals surface area contributed by atoms with Gasteiger partial charge in [0, 0.05) is 12.6 Å².